The monoisotopic (exact) mass is 332 g/mol. The Bertz CT molecular complexity index is 436. The van der Waals surface area contributed by atoms with Crippen LogP contribution in [0.15, 0.2) is 24.3 Å². The van der Waals surface area contributed by atoms with Crippen LogP contribution in [0.5, 0.6) is 5.75 Å². The summed E-state index contributed by atoms with van der Waals surface area (Å²) in [5.41, 5.74) is 1.39. The summed E-state index contributed by atoms with van der Waals surface area (Å²) in [4.78, 5) is 5.12. The fourth-order valence-electron chi connectivity index (χ4n) is 3.28. The van der Waals surface area contributed by atoms with Crippen LogP contribution in [0.2, 0.25) is 0 Å². The van der Waals surface area contributed by atoms with Gasteiger partial charge in [0.05, 0.1) is 6.61 Å². The van der Waals surface area contributed by atoms with E-state index in [1.165, 1.54) is 63.8 Å². The van der Waals surface area contributed by atoms with Crippen molar-refractivity contribution < 1.29 is 4.74 Å². The molecule has 1 aromatic carbocycles. The first-order valence-electron chi connectivity index (χ1n) is 9.87. The van der Waals surface area contributed by atoms with Crippen LogP contribution in [0.3, 0.4) is 0 Å². The predicted molar refractivity (Wildman–Crippen MR) is 103 cm³/mol. The highest BCUT2D eigenvalue weighted by Gasteiger charge is 2.18. The van der Waals surface area contributed by atoms with Crippen molar-refractivity contribution >= 4 is 0 Å². The molecule has 0 atom stereocenters. The summed E-state index contributed by atoms with van der Waals surface area (Å²) < 4.78 is 5.85. The summed E-state index contributed by atoms with van der Waals surface area (Å²) in [5, 5.41) is 0. The van der Waals surface area contributed by atoms with Gasteiger partial charge in [-0.1, -0.05) is 44.7 Å². The van der Waals surface area contributed by atoms with Gasteiger partial charge in [-0.05, 0) is 38.0 Å². The van der Waals surface area contributed by atoms with Gasteiger partial charge in [-0.25, -0.2) is 0 Å². The zero-order valence-electron chi connectivity index (χ0n) is 16.0. The number of nitrogens with zero attached hydrogens (tertiary/aromatic N) is 2. The van der Waals surface area contributed by atoms with E-state index in [1.54, 1.807) is 0 Å². The third-order valence-electron chi connectivity index (χ3n) is 4.98. The molecule has 0 saturated carbocycles. The summed E-state index contributed by atoms with van der Waals surface area (Å²) >= 11 is 0. The van der Waals surface area contributed by atoms with Crippen LogP contribution in [-0.2, 0) is 6.54 Å². The summed E-state index contributed by atoms with van der Waals surface area (Å²) in [6.45, 7) is 13.5. The molecule has 2 rings (SSSR count). The van der Waals surface area contributed by atoms with E-state index in [0.717, 1.165) is 18.9 Å². The highest BCUT2D eigenvalue weighted by atomic mass is 16.5. The molecular weight excluding hydrogens is 296 g/mol. The molecule has 0 N–H and O–H groups in total. The minimum Gasteiger partial charge on any atom is -0.494 e. The van der Waals surface area contributed by atoms with Gasteiger partial charge in [0, 0.05) is 38.8 Å². The van der Waals surface area contributed by atoms with Crippen molar-refractivity contribution in [1.82, 2.24) is 9.80 Å². The number of hydrogen-bond donors (Lipinski definition) is 0. The van der Waals surface area contributed by atoms with Gasteiger partial charge in [0.1, 0.15) is 5.75 Å². The average molecular weight is 333 g/mol. The Kier molecular flexibility index (Phi) is 8.62. The van der Waals surface area contributed by atoms with Crippen LogP contribution in [-0.4, -0.2) is 48.6 Å². The minimum atomic E-state index is 0.672. The molecule has 0 unspecified atom stereocenters. The first-order chi connectivity index (χ1) is 11.7. The Morgan fingerprint density at radius 3 is 2.21 bits per heavy atom. The third kappa shape index (κ3) is 6.82. The van der Waals surface area contributed by atoms with E-state index < -0.39 is 0 Å². The maximum Gasteiger partial charge on any atom is 0.119 e. The third-order valence-corrected chi connectivity index (χ3v) is 4.98. The second-order valence-electron chi connectivity index (χ2n) is 7.31. The first-order valence-corrected chi connectivity index (χ1v) is 9.87. The minimum absolute atomic E-state index is 0.672. The van der Waals surface area contributed by atoms with Crippen molar-refractivity contribution in [2.24, 2.45) is 0 Å². The van der Waals surface area contributed by atoms with Crippen LogP contribution in [0, 0.1) is 0 Å². The molecule has 0 bridgehead atoms. The molecule has 0 amide bonds. The lowest BCUT2D eigenvalue weighted by molar-refractivity contribution is 0.104. The van der Waals surface area contributed by atoms with Gasteiger partial charge in [0.15, 0.2) is 0 Å². The molecule has 0 spiro atoms. The maximum absolute atomic E-state index is 5.85. The van der Waals surface area contributed by atoms with Crippen molar-refractivity contribution in [3.63, 3.8) is 0 Å². The van der Waals surface area contributed by atoms with Gasteiger partial charge >= 0.3 is 0 Å². The highest BCUT2D eigenvalue weighted by molar-refractivity contribution is 5.27. The van der Waals surface area contributed by atoms with E-state index in [4.69, 9.17) is 4.74 Å². The van der Waals surface area contributed by atoms with E-state index in [0.29, 0.717) is 6.04 Å². The molecule has 24 heavy (non-hydrogen) atoms. The average Bonchev–Trinajstić information content (AvgIpc) is 2.60. The number of unbranched alkanes of at least 4 members (excludes halogenated alkanes) is 4. The Hall–Kier alpha value is -1.06. The molecule has 1 aliphatic heterocycles. The molecule has 1 fully saturated rings. The lowest BCUT2D eigenvalue weighted by Crippen LogP contribution is -2.48. The van der Waals surface area contributed by atoms with Crippen LogP contribution < -0.4 is 4.74 Å². The molecule has 0 aromatic heterocycles. The topological polar surface area (TPSA) is 15.7 Å². The van der Waals surface area contributed by atoms with E-state index >= 15 is 0 Å². The molecule has 0 aliphatic carbocycles. The van der Waals surface area contributed by atoms with E-state index in [1.807, 2.05) is 0 Å². The molecule has 1 aliphatic rings. The van der Waals surface area contributed by atoms with Crippen LogP contribution in [0.4, 0.5) is 0 Å². The summed E-state index contributed by atoms with van der Waals surface area (Å²) in [5.74, 6) is 1.01. The van der Waals surface area contributed by atoms with Crippen molar-refractivity contribution in [2.75, 3.05) is 32.8 Å². The molecule has 1 heterocycles. The van der Waals surface area contributed by atoms with Crippen molar-refractivity contribution in [3.8, 4) is 5.75 Å². The van der Waals surface area contributed by atoms with Crippen molar-refractivity contribution in [1.29, 1.82) is 0 Å². The largest absolute Gasteiger partial charge is 0.494 e. The normalized spacial score (nSPS) is 16.7. The van der Waals surface area contributed by atoms with Crippen molar-refractivity contribution in [3.05, 3.63) is 29.8 Å². The lowest BCUT2D eigenvalue weighted by atomic mass is 10.1. The van der Waals surface area contributed by atoms with Gasteiger partial charge in [0.2, 0.25) is 0 Å². The number of ether oxygens (including phenoxy) is 1. The number of rotatable bonds is 10. The SMILES string of the molecule is CCCCCCCOc1ccc(CN2CCN(C(C)C)CC2)cc1. The fourth-order valence-corrected chi connectivity index (χ4v) is 3.28. The summed E-state index contributed by atoms with van der Waals surface area (Å²) in [6.07, 6.45) is 6.44. The second kappa shape index (κ2) is 10.7. The standard InChI is InChI=1S/C21H36N2O/c1-4-5-6-7-8-17-24-21-11-9-20(10-12-21)18-22-13-15-23(16-14-22)19(2)3/h9-12,19H,4-8,13-18H2,1-3H3. The first kappa shape index (κ1) is 19.3. The smallest absolute Gasteiger partial charge is 0.119 e. The molecule has 0 radical (unpaired) electrons. The Balaban J connectivity index is 1.65. The van der Waals surface area contributed by atoms with Gasteiger partial charge in [-0.15, -0.1) is 0 Å². The summed E-state index contributed by atoms with van der Waals surface area (Å²) in [7, 11) is 0. The van der Waals surface area contributed by atoms with Gasteiger partial charge in [-0.2, -0.15) is 0 Å². The van der Waals surface area contributed by atoms with Crippen LogP contribution >= 0.6 is 0 Å². The van der Waals surface area contributed by atoms with Gasteiger partial charge < -0.3 is 4.74 Å². The zero-order chi connectivity index (χ0) is 17.2. The summed E-state index contributed by atoms with van der Waals surface area (Å²) in [6, 6.07) is 9.38. The number of benzene rings is 1. The zero-order valence-corrected chi connectivity index (χ0v) is 16.0. The lowest BCUT2D eigenvalue weighted by Gasteiger charge is -2.36. The Morgan fingerprint density at radius 2 is 1.58 bits per heavy atom. The van der Waals surface area contributed by atoms with E-state index in [-0.39, 0.29) is 0 Å². The van der Waals surface area contributed by atoms with Crippen LogP contribution in [0.25, 0.3) is 0 Å². The molecular formula is C21H36N2O. The molecule has 136 valence electrons. The Morgan fingerprint density at radius 1 is 0.917 bits per heavy atom. The molecule has 3 heteroatoms. The van der Waals surface area contributed by atoms with Gasteiger partial charge in [0.25, 0.3) is 0 Å². The highest BCUT2D eigenvalue weighted by Crippen LogP contribution is 2.16. The Labute approximate surface area is 149 Å². The number of piperazine rings is 1. The second-order valence-corrected chi connectivity index (χ2v) is 7.31. The van der Waals surface area contributed by atoms with Gasteiger partial charge in [-0.3, -0.25) is 9.80 Å². The molecule has 1 saturated heterocycles. The predicted octanol–water partition coefficient (Wildman–Crippen LogP) is 4.56. The maximum atomic E-state index is 5.85. The fraction of sp³-hybridized carbons (Fsp3) is 0.714. The van der Waals surface area contributed by atoms with Crippen molar-refractivity contribution in [2.45, 2.75) is 65.5 Å². The van der Waals surface area contributed by atoms with E-state index in [2.05, 4.69) is 54.8 Å². The molecule has 1 aromatic rings. The number of hydrogen-bond acceptors (Lipinski definition) is 3. The molecule has 3 nitrogen and oxygen atoms in total. The quantitative estimate of drug-likeness (QED) is 0.584. The van der Waals surface area contributed by atoms with E-state index in [9.17, 15) is 0 Å². The van der Waals surface area contributed by atoms with Crippen LogP contribution in [0.1, 0.15) is 58.4 Å².